The summed E-state index contributed by atoms with van der Waals surface area (Å²) in [5, 5.41) is 9.99. The quantitative estimate of drug-likeness (QED) is 0.541. The Hall–Kier alpha value is -3.94. The zero-order valence-corrected chi connectivity index (χ0v) is 16.2. The van der Waals surface area contributed by atoms with Gasteiger partial charge in [0.25, 0.3) is 5.91 Å². The molecule has 4 rings (SSSR count). The Morgan fingerprint density at radius 3 is 2.45 bits per heavy atom. The summed E-state index contributed by atoms with van der Waals surface area (Å²) in [6, 6.07) is 12.8. The molecule has 0 saturated heterocycles. The van der Waals surface area contributed by atoms with Gasteiger partial charge in [-0.05, 0) is 55.0 Å². The van der Waals surface area contributed by atoms with Crippen molar-refractivity contribution in [2.45, 2.75) is 6.92 Å². The summed E-state index contributed by atoms with van der Waals surface area (Å²) in [7, 11) is 3.21. The van der Waals surface area contributed by atoms with E-state index in [2.05, 4.69) is 25.5 Å². The van der Waals surface area contributed by atoms with E-state index in [4.69, 9.17) is 9.47 Å². The SMILES string of the molecule is COc1ccc(NC(=O)c2cnc3n[nH]c(-c4ccc(OC)cc4C)c3n2)cc1. The molecule has 2 heterocycles. The number of aromatic nitrogens is 4. The zero-order chi connectivity index (χ0) is 20.4. The van der Waals surface area contributed by atoms with E-state index in [0.717, 1.165) is 16.9 Å². The van der Waals surface area contributed by atoms with Crippen molar-refractivity contribution in [3.05, 3.63) is 59.9 Å². The number of carbonyl (C=O) groups is 1. The van der Waals surface area contributed by atoms with Crippen LogP contribution in [-0.2, 0) is 0 Å². The maximum absolute atomic E-state index is 12.6. The van der Waals surface area contributed by atoms with E-state index in [-0.39, 0.29) is 11.6 Å². The third-order valence-electron chi connectivity index (χ3n) is 4.55. The summed E-state index contributed by atoms with van der Waals surface area (Å²) in [4.78, 5) is 21.4. The molecule has 2 aromatic heterocycles. The van der Waals surface area contributed by atoms with Gasteiger partial charge in [0.05, 0.1) is 26.1 Å². The summed E-state index contributed by atoms with van der Waals surface area (Å²) >= 11 is 0. The van der Waals surface area contributed by atoms with Gasteiger partial charge in [-0.1, -0.05) is 0 Å². The van der Waals surface area contributed by atoms with Gasteiger partial charge >= 0.3 is 0 Å². The first-order valence-electron chi connectivity index (χ1n) is 8.90. The highest BCUT2D eigenvalue weighted by Crippen LogP contribution is 2.29. The van der Waals surface area contributed by atoms with Crippen molar-refractivity contribution in [1.29, 1.82) is 0 Å². The molecule has 29 heavy (non-hydrogen) atoms. The second-order valence-corrected chi connectivity index (χ2v) is 6.39. The Bertz CT molecular complexity index is 1180. The standard InChI is InChI=1S/C21H19N5O3/c1-12-10-15(29-3)8-9-16(12)18-19-20(26-25-18)22-11-17(24-19)21(27)23-13-4-6-14(28-2)7-5-13/h4-11H,1-3H3,(H,23,27)(H,22,25,26). The molecule has 0 atom stereocenters. The molecule has 0 aliphatic heterocycles. The fraction of sp³-hybridized carbons (Fsp3) is 0.143. The Kier molecular flexibility index (Phi) is 4.82. The van der Waals surface area contributed by atoms with Gasteiger partial charge < -0.3 is 14.8 Å². The second-order valence-electron chi connectivity index (χ2n) is 6.39. The Morgan fingerprint density at radius 2 is 1.76 bits per heavy atom. The van der Waals surface area contributed by atoms with Gasteiger partial charge in [-0.3, -0.25) is 9.89 Å². The summed E-state index contributed by atoms with van der Waals surface area (Å²) in [6.07, 6.45) is 1.41. The van der Waals surface area contributed by atoms with E-state index in [1.807, 2.05) is 25.1 Å². The summed E-state index contributed by atoms with van der Waals surface area (Å²) in [6.45, 7) is 1.97. The van der Waals surface area contributed by atoms with Crippen molar-refractivity contribution in [2.75, 3.05) is 19.5 Å². The van der Waals surface area contributed by atoms with E-state index in [0.29, 0.717) is 28.3 Å². The molecule has 0 aliphatic carbocycles. The maximum Gasteiger partial charge on any atom is 0.275 e. The molecule has 0 radical (unpaired) electrons. The average Bonchev–Trinajstić information content (AvgIpc) is 3.17. The molecule has 2 N–H and O–H groups in total. The number of H-pyrrole nitrogens is 1. The highest BCUT2D eigenvalue weighted by molar-refractivity contribution is 6.04. The van der Waals surface area contributed by atoms with Gasteiger partial charge in [-0.2, -0.15) is 5.10 Å². The highest BCUT2D eigenvalue weighted by atomic mass is 16.5. The van der Waals surface area contributed by atoms with Crippen LogP contribution < -0.4 is 14.8 Å². The van der Waals surface area contributed by atoms with Crippen molar-refractivity contribution in [2.24, 2.45) is 0 Å². The zero-order valence-electron chi connectivity index (χ0n) is 16.2. The Balaban J connectivity index is 1.66. The molecular weight excluding hydrogens is 370 g/mol. The van der Waals surface area contributed by atoms with E-state index < -0.39 is 0 Å². The molecule has 0 spiro atoms. The number of aryl methyl sites for hydroxylation is 1. The lowest BCUT2D eigenvalue weighted by Gasteiger charge is -2.07. The summed E-state index contributed by atoms with van der Waals surface area (Å²) in [5.41, 5.74) is 4.40. The van der Waals surface area contributed by atoms with Gasteiger partial charge in [0.2, 0.25) is 0 Å². The van der Waals surface area contributed by atoms with E-state index >= 15 is 0 Å². The summed E-state index contributed by atoms with van der Waals surface area (Å²) < 4.78 is 10.4. The number of nitrogens with zero attached hydrogens (tertiary/aromatic N) is 3. The smallest absolute Gasteiger partial charge is 0.275 e. The number of aromatic amines is 1. The van der Waals surface area contributed by atoms with Gasteiger partial charge in [0, 0.05) is 11.3 Å². The number of hydrogen-bond donors (Lipinski definition) is 2. The van der Waals surface area contributed by atoms with Crippen LogP contribution in [0.1, 0.15) is 16.1 Å². The Morgan fingerprint density at radius 1 is 1.03 bits per heavy atom. The highest BCUT2D eigenvalue weighted by Gasteiger charge is 2.16. The van der Waals surface area contributed by atoms with Crippen LogP contribution in [-0.4, -0.2) is 40.3 Å². The van der Waals surface area contributed by atoms with Gasteiger partial charge in [-0.25, -0.2) is 9.97 Å². The predicted octanol–water partition coefficient (Wildman–Crippen LogP) is 3.60. The minimum atomic E-state index is -0.358. The molecule has 2 aromatic carbocycles. The van der Waals surface area contributed by atoms with E-state index in [1.165, 1.54) is 6.20 Å². The van der Waals surface area contributed by atoms with Gasteiger partial charge in [0.1, 0.15) is 22.7 Å². The number of benzene rings is 2. The van der Waals surface area contributed by atoms with Crippen molar-refractivity contribution >= 4 is 22.8 Å². The third-order valence-corrected chi connectivity index (χ3v) is 4.55. The normalized spacial score (nSPS) is 10.7. The minimum Gasteiger partial charge on any atom is -0.497 e. The third kappa shape index (κ3) is 3.60. The van der Waals surface area contributed by atoms with Crippen molar-refractivity contribution in [3.63, 3.8) is 0 Å². The molecule has 0 aliphatic rings. The number of hydrogen-bond acceptors (Lipinski definition) is 6. The fourth-order valence-electron chi connectivity index (χ4n) is 3.00. The molecule has 1 amide bonds. The summed E-state index contributed by atoms with van der Waals surface area (Å²) in [5.74, 6) is 1.12. The molecule has 0 bridgehead atoms. The fourth-order valence-corrected chi connectivity index (χ4v) is 3.00. The van der Waals surface area contributed by atoms with Crippen LogP contribution >= 0.6 is 0 Å². The maximum atomic E-state index is 12.6. The van der Waals surface area contributed by atoms with E-state index in [1.54, 1.807) is 38.5 Å². The number of ether oxygens (including phenoxy) is 2. The van der Waals surface area contributed by atoms with Crippen molar-refractivity contribution in [1.82, 2.24) is 20.2 Å². The number of rotatable bonds is 5. The number of amides is 1. The number of carbonyl (C=O) groups excluding carboxylic acids is 1. The first-order valence-corrected chi connectivity index (χ1v) is 8.90. The number of fused-ring (bicyclic) bond motifs is 1. The first-order chi connectivity index (χ1) is 14.1. The lowest BCUT2D eigenvalue weighted by molar-refractivity contribution is 0.102. The van der Waals surface area contributed by atoms with Crippen LogP contribution in [0.25, 0.3) is 22.4 Å². The van der Waals surface area contributed by atoms with Crippen molar-refractivity contribution < 1.29 is 14.3 Å². The monoisotopic (exact) mass is 389 g/mol. The molecule has 146 valence electrons. The van der Waals surface area contributed by atoms with Gasteiger partial charge in [0.15, 0.2) is 5.65 Å². The van der Waals surface area contributed by atoms with Crippen LogP contribution in [0.2, 0.25) is 0 Å². The predicted molar refractivity (Wildman–Crippen MR) is 109 cm³/mol. The van der Waals surface area contributed by atoms with Crippen LogP contribution in [0.3, 0.4) is 0 Å². The Labute approximate surface area is 166 Å². The van der Waals surface area contributed by atoms with E-state index in [9.17, 15) is 4.79 Å². The van der Waals surface area contributed by atoms with Crippen LogP contribution in [0.15, 0.2) is 48.7 Å². The lowest BCUT2D eigenvalue weighted by Crippen LogP contribution is -2.14. The average molecular weight is 389 g/mol. The molecular formula is C21H19N5O3. The molecule has 8 heteroatoms. The molecule has 4 aromatic rings. The number of nitrogens with one attached hydrogen (secondary N) is 2. The van der Waals surface area contributed by atoms with Gasteiger partial charge in [-0.15, -0.1) is 0 Å². The molecule has 0 unspecified atom stereocenters. The first kappa shape index (κ1) is 18.4. The van der Waals surface area contributed by atoms with Crippen LogP contribution in [0, 0.1) is 6.92 Å². The van der Waals surface area contributed by atoms with Crippen LogP contribution in [0.5, 0.6) is 11.5 Å². The topological polar surface area (TPSA) is 102 Å². The lowest BCUT2D eigenvalue weighted by atomic mass is 10.0. The van der Waals surface area contributed by atoms with Crippen molar-refractivity contribution in [3.8, 4) is 22.8 Å². The largest absolute Gasteiger partial charge is 0.497 e. The molecule has 0 saturated carbocycles. The molecule has 8 nitrogen and oxygen atoms in total. The van der Waals surface area contributed by atoms with Crippen LogP contribution in [0.4, 0.5) is 5.69 Å². The number of anilines is 1. The number of methoxy groups -OCH3 is 2. The minimum absolute atomic E-state index is 0.196. The second kappa shape index (κ2) is 7.59. The molecule has 0 fully saturated rings.